The maximum atomic E-state index is 13.0. The first kappa shape index (κ1) is 24.9. The SMILES string of the molecule is COc1ncc(-c2cc([C@H]3C[C@@H]3c3ccc4cnn(-c5ccc(C(F)(F)F)cn5)c4c3)c3nccn3n2)c(OC)n1. The number of imidazole rings is 1. The maximum Gasteiger partial charge on any atom is 0.417 e. The van der Waals surface area contributed by atoms with Crippen molar-refractivity contribution in [2.75, 3.05) is 14.2 Å². The Balaban J connectivity index is 1.24. The fraction of sp³-hybridized carbons (Fsp3) is 0.214. The minimum absolute atomic E-state index is 0.171. The summed E-state index contributed by atoms with van der Waals surface area (Å²) >= 11 is 0. The minimum Gasteiger partial charge on any atom is -0.480 e. The van der Waals surface area contributed by atoms with Gasteiger partial charge in [0.1, 0.15) is 0 Å². The lowest BCUT2D eigenvalue weighted by Gasteiger charge is -2.11. The molecule has 0 bridgehead atoms. The van der Waals surface area contributed by atoms with Crippen molar-refractivity contribution in [1.82, 2.24) is 39.3 Å². The third-order valence-electron chi connectivity index (χ3n) is 7.28. The summed E-state index contributed by atoms with van der Waals surface area (Å²) in [6.07, 6.45) is 4.05. The van der Waals surface area contributed by atoms with Crippen LogP contribution in [0.3, 0.4) is 0 Å². The normalized spacial score (nSPS) is 16.8. The van der Waals surface area contributed by atoms with E-state index in [1.165, 1.54) is 20.3 Å². The van der Waals surface area contributed by atoms with Gasteiger partial charge in [-0.05, 0) is 48.1 Å². The van der Waals surface area contributed by atoms with Gasteiger partial charge in [0.25, 0.3) is 0 Å². The fourth-order valence-corrected chi connectivity index (χ4v) is 5.16. The number of benzene rings is 1. The first-order chi connectivity index (χ1) is 19.8. The highest BCUT2D eigenvalue weighted by Gasteiger charge is 2.41. The molecule has 41 heavy (non-hydrogen) atoms. The van der Waals surface area contributed by atoms with Crippen molar-refractivity contribution in [2.24, 2.45) is 0 Å². The zero-order valence-electron chi connectivity index (χ0n) is 21.7. The number of pyridine rings is 1. The summed E-state index contributed by atoms with van der Waals surface area (Å²) in [4.78, 5) is 17.1. The number of ether oxygens (including phenoxy) is 2. The summed E-state index contributed by atoms with van der Waals surface area (Å²) in [5, 5.41) is 9.95. The fourth-order valence-electron chi connectivity index (χ4n) is 5.16. The van der Waals surface area contributed by atoms with Crippen LogP contribution in [0.15, 0.2) is 67.4 Å². The van der Waals surface area contributed by atoms with E-state index < -0.39 is 11.7 Å². The molecule has 0 N–H and O–H groups in total. The van der Waals surface area contributed by atoms with Crippen molar-refractivity contribution < 1.29 is 22.6 Å². The average Bonchev–Trinajstić information content (AvgIpc) is 3.43. The molecule has 5 aromatic heterocycles. The lowest BCUT2D eigenvalue weighted by molar-refractivity contribution is -0.137. The molecule has 1 aromatic carbocycles. The minimum atomic E-state index is -4.45. The van der Waals surface area contributed by atoms with Gasteiger partial charge in [-0.15, -0.1) is 0 Å². The van der Waals surface area contributed by atoms with E-state index in [1.807, 2.05) is 18.2 Å². The van der Waals surface area contributed by atoms with Gasteiger partial charge in [0.05, 0.1) is 42.8 Å². The van der Waals surface area contributed by atoms with Crippen LogP contribution >= 0.6 is 0 Å². The molecule has 10 nitrogen and oxygen atoms in total. The average molecular weight is 559 g/mol. The van der Waals surface area contributed by atoms with Crippen molar-refractivity contribution in [3.05, 3.63) is 84.1 Å². The van der Waals surface area contributed by atoms with Crippen LogP contribution in [0.4, 0.5) is 13.2 Å². The van der Waals surface area contributed by atoms with Crippen molar-refractivity contribution >= 4 is 16.6 Å². The van der Waals surface area contributed by atoms with Crippen LogP contribution in [0.5, 0.6) is 11.9 Å². The number of halogens is 3. The molecule has 1 saturated carbocycles. The Labute approximate surface area is 230 Å². The number of nitrogens with zero attached hydrogens (tertiary/aromatic N) is 8. The number of methoxy groups -OCH3 is 2. The molecule has 2 atom stereocenters. The van der Waals surface area contributed by atoms with E-state index in [-0.39, 0.29) is 17.8 Å². The van der Waals surface area contributed by atoms with Crippen LogP contribution in [0.25, 0.3) is 33.6 Å². The third kappa shape index (κ3) is 4.29. The summed E-state index contributed by atoms with van der Waals surface area (Å²) in [6.45, 7) is 0. The molecule has 6 aromatic rings. The van der Waals surface area contributed by atoms with Gasteiger partial charge in [-0.25, -0.2) is 24.1 Å². The smallest absolute Gasteiger partial charge is 0.417 e. The zero-order valence-corrected chi connectivity index (χ0v) is 21.7. The molecule has 0 unspecified atom stereocenters. The second-order valence-electron chi connectivity index (χ2n) is 9.69. The van der Waals surface area contributed by atoms with Gasteiger partial charge in [-0.1, -0.05) is 12.1 Å². The van der Waals surface area contributed by atoms with Crippen LogP contribution in [-0.2, 0) is 6.18 Å². The third-order valence-corrected chi connectivity index (χ3v) is 7.28. The van der Waals surface area contributed by atoms with Crippen molar-refractivity contribution in [3.63, 3.8) is 0 Å². The van der Waals surface area contributed by atoms with Gasteiger partial charge in [0.15, 0.2) is 11.5 Å². The molecular weight excluding hydrogens is 537 g/mol. The highest BCUT2D eigenvalue weighted by Crippen LogP contribution is 2.56. The van der Waals surface area contributed by atoms with E-state index in [0.717, 1.165) is 46.4 Å². The largest absolute Gasteiger partial charge is 0.480 e. The topological polar surface area (TPSA) is 105 Å². The number of rotatable bonds is 6. The Hall–Kier alpha value is -5.07. The summed E-state index contributed by atoms with van der Waals surface area (Å²) in [7, 11) is 3.01. The Morgan fingerprint density at radius 3 is 2.56 bits per heavy atom. The molecule has 1 aliphatic carbocycles. The molecule has 5 heterocycles. The van der Waals surface area contributed by atoms with Crippen molar-refractivity contribution in [2.45, 2.75) is 24.4 Å². The van der Waals surface area contributed by atoms with E-state index in [9.17, 15) is 13.2 Å². The van der Waals surface area contributed by atoms with E-state index in [0.29, 0.717) is 23.0 Å². The lowest BCUT2D eigenvalue weighted by atomic mass is 10.0. The van der Waals surface area contributed by atoms with Crippen LogP contribution < -0.4 is 9.47 Å². The van der Waals surface area contributed by atoms with Gasteiger partial charge in [0, 0.05) is 35.7 Å². The van der Waals surface area contributed by atoms with Crippen molar-refractivity contribution in [3.8, 4) is 29.0 Å². The second kappa shape index (κ2) is 9.25. The molecule has 206 valence electrons. The van der Waals surface area contributed by atoms with Gasteiger partial charge in [-0.2, -0.15) is 28.4 Å². The molecule has 7 rings (SSSR count). The first-order valence-corrected chi connectivity index (χ1v) is 12.6. The van der Waals surface area contributed by atoms with Crippen molar-refractivity contribution in [1.29, 1.82) is 0 Å². The Bertz CT molecular complexity index is 1920. The molecule has 0 aliphatic heterocycles. The predicted molar refractivity (Wildman–Crippen MR) is 141 cm³/mol. The predicted octanol–water partition coefficient (Wildman–Crippen LogP) is 5.23. The first-order valence-electron chi connectivity index (χ1n) is 12.6. The number of alkyl halides is 3. The number of hydrogen-bond donors (Lipinski definition) is 0. The second-order valence-corrected chi connectivity index (χ2v) is 9.69. The summed E-state index contributed by atoms with van der Waals surface area (Å²) in [5.41, 5.74) is 4.09. The Kier molecular flexibility index (Phi) is 5.63. The molecular formula is C28H21F3N8O2. The van der Waals surface area contributed by atoms with Gasteiger partial charge >= 0.3 is 12.2 Å². The van der Waals surface area contributed by atoms with Crippen LogP contribution in [0, 0.1) is 0 Å². The number of aromatic nitrogens is 8. The molecule has 0 saturated heterocycles. The standard InChI is InChI=1S/C28H21F3N8O2/c1-40-26-21(14-34-27(36-26)41-2)22-11-20(25-32-7-8-38(25)37-22)19-10-18(19)15-3-4-16-12-35-39(23(16)9-15)24-6-5-17(13-33-24)28(29,30)31/h3-9,11-14,18-19H,10H2,1-2H3/t18-,19+/m1/s1. The Morgan fingerprint density at radius 2 is 1.80 bits per heavy atom. The van der Waals surface area contributed by atoms with E-state index in [1.54, 1.807) is 34.0 Å². The van der Waals surface area contributed by atoms with E-state index >= 15 is 0 Å². The number of fused-ring (bicyclic) bond motifs is 2. The lowest BCUT2D eigenvalue weighted by Crippen LogP contribution is -2.07. The van der Waals surface area contributed by atoms with Gasteiger partial charge in [0.2, 0.25) is 5.88 Å². The summed E-state index contributed by atoms with van der Waals surface area (Å²) in [6, 6.07) is 10.6. The van der Waals surface area contributed by atoms with Crippen LogP contribution in [0.1, 0.15) is 34.9 Å². The highest BCUT2D eigenvalue weighted by atomic mass is 19.4. The zero-order chi connectivity index (χ0) is 28.3. The van der Waals surface area contributed by atoms with E-state index in [4.69, 9.17) is 14.6 Å². The Morgan fingerprint density at radius 1 is 0.927 bits per heavy atom. The molecule has 1 aliphatic rings. The quantitative estimate of drug-likeness (QED) is 0.274. The summed E-state index contributed by atoms with van der Waals surface area (Å²) < 4.78 is 53.0. The van der Waals surface area contributed by atoms with Crippen LogP contribution in [0.2, 0.25) is 0 Å². The molecule has 1 fully saturated rings. The molecule has 13 heteroatoms. The molecule has 0 radical (unpaired) electrons. The van der Waals surface area contributed by atoms with Gasteiger partial charge < -0.3 is 9.47 Å². The molecule has 0 spiro atoms. The van der Waals surface area contributed by atoms with Gasteiger partial charge in [-0.3, -0.25) is 0 Å². The monoisotopic (exact) mass is 558 g/mol. The van der Waals surface area contributed by atoms with Crippen LogP contribution in [-0.4, -0.2) is 53.6 Å². The maximum absolute atomic E-state index is 13.0. The van der Waals surface area contributed by atoms with E-state index in [2.05, 4.69) is 31.1 Å². The summed E-state index contributed by atoms with van der Waals surface area (Å²) in [5.74, 6) is 1.03. The molecule has 0 amide bonds. The highest BCUT2D eigenvalue weighted by molar-refractivity contribution is 5.81. The number of hydrogen-bond acceptors (Lipinski definition) is 8.